The number of halogens is 4. The number of rotatable bonds is 3. The number of hydrogen-bond acceptors (Lipinski definition) is 3. The van der Waals surface area contributed by atoms with Crippen molar-refractivity contribution >= 4 is 22.7 Å². The Kier molecular flexibility index (Phi) is 3.70. The molecule has 0 radical (unpaired) electrons. The van der Waals surface area contributed by atoms with E-state index in [4.69, 9.17) is 16.0 Å². The Morgan fingerprint density at radius 3 is 2.45 bits per heavy atom. The second-order valence-corrected chi connectivity index (χ2v) is 4.79. The second-order valence-electron chi connectivity index (χ2n) is 4.53. The number of nitrogens with zero attached hydrogens (tertiary/aromatic N) is 1. The lowest BCUT2D eigenvalue weighted by Crippen LogP contribution is -2.16. The summed E-state index contributed by atoms with van der Waals surface area (Å²) in [5, 5.41) is 0. The highest BCUT2D eigenvalue weighted by molar-refractivity contribution is 6.17. The number of alkyl halides is 4. The van der Waals surface area contributed by atoms with Crippen LogP contribution in [0.5, 0.6) is 5.75 Å². The van der Waals surface area contributed by atoms with Gasteiger partial charge in [-0.3, -0.25) is 0 Å². The Morgan fingerprint density at radius 1 is 1.09 bits per heavy atom. The molecule has 0 unspecified atom stereocenters. The summed E-state index contributed by atoms with van der Waals surface area (Å²) in [6.45, 7) is 0. The number of oxazole rings is 1. The van der Waals surface area contributed by atoms with Crippen LogP contribution in [0.4, 0.5) is 13.2 Å². The smallest absolute Gasteiger partial charge is 0.436 e. The molecule has 0 amide bonds. The third kappa shape index (κ3) is 3.17. The Morgan fingerprint density at radius 2 is 1.82 bits per heavy atom. The van der Waals surface area contributed by atoms with Crippen LogP contribution < -0.4 is 4.74 Å². The molecule has 1 aromatic heterocycles. The van der Waals surface area contributed by atoms with Gasteiger partial charge in [-0.15, -0.1) is 24.8 Å². The van der Waals surface area contributed by atoms with E-state index >= 15 is 0 Å². The molecule has 0 saturated carbocycles. The van der Waals surface area contributed by atoms with Gasteiger partial charge in [-0.1, -0.05) is 12.1 Å². The first-order valence-corrected chi connectivity index (χ1v) is 6.80. The monoisotopic (exact) mass is 327 g/mol. The lowest BCUT2D eigenvalue weighted by molar-refractivity contribution is -0.274. The van der Waals surface area contributed by atoms with E-state index in [0.29, 0.717) is 22.9 Å². The summed E-state index contributed by atoms with van der Waals surface area (Å²) >= 11 is 5.71. The van der Waals surface area contributed by atoms with E-state index in [9.17, 15) is 13.2 Å². The topological polar surface area (TPSA) is 35.3 Å². The zero-order valence-corrected chi connectivity index (χ0v) is 11.8. The summed E-state index contributed by atoms with van der Waals surface area (Å²) in [4.78, 5) is 4.18. The molecule has 0 fully saturated rings. The molecule has 3 nitrogen and oxygen atoms in total. The summed E-state index contributed by atoms with van der Waals surface area (Å²) in [6.07, 6.45) is -4.74. The quantitative estimate of drug-likeness (QED) is 0.625. The summed E-state index contributed by atoms with van der Waals surface area (Å²) in [6, 6.07) is 11.0. The average molecular weight is 328 g/mol. The average Bonchev–Trinajstić information content (AvgIpc) is 2.89. The first-order chi connectivity index (χ1) is 10.4. The van der Waals surface area contributed by atoms with Crippen LogP contribution in [0.2, 0.25) is 0 Å². The van der Waals surface area contributed by atoms with Crippen molar-refractivity contribution in [2.45, 2.75) is 12.2 Å². The fourth-order valence-electron chi connectivity index (χ4n) is 1.96. The van der Waals surface area contributed by atoms with Crippen molar-refractivity contribution in [3.05, 3.63) is 48.0 Å². The van der Waals surface area contributed by atoms with E-state index in [1.807, 2.05) is 12.1 Å². The molecule has 0 saturated heterocycles. The van der Waals surface area contributed by atoms with Crippen molar-refractivity contribution in [3.8, 4) is 17.2 Å². The molecule has 0 bridgehead atoms. The van der Waals surface area contributed by atoms with Gasteiger partial charge in [0.1, 0.15) is 11.3 Å². The molecule has 22 heavy (non-hydrogen) atoms. The van der Waals surface area contributed by atoms with E-state index in [1.54, 1.807) is 12.1 Å². The van der Waals surface area contributed by atoms with Gasteiger partial charge in [0.25, 0.3) is 0 Å². The first kappa shape index (κ1) is 14.7. The molecule has 0 aliphatic heterocycles. The van der Waals surface area contributed by atoms with Crippen LogP contribution in [-0.4, -0.2) is 11.3 Å². The Bertz CT molecular complexity index is 797. The molecule has 0 spiro atoms. The van der Waals surface area contributed by atoms with Gasteiger partial charge in [-0.25, -0.2) is 4.98 Å². The van der Waals surface area contributed by atoms with E-state index in [-0.39, 0.29) is 11.3 Å². The minimum absolute atomic E-state index is 0.290. The van der Waals surface area contributed by atoms with Crippen molar-refractivity contribution in [2.24, 2.45) is 0 Å². The van der Waals surface area contributed by atoms with Crippen molar-refractivity contribution in [2.75, 3.05) is 0 Å². The van der Waals surface area contributed by atoms with Crippen LogP contribution in [0, 0.1) is 0 Å². The number of benzene rings is 2. The zero-order valence-electron chi connectivity index (χ0n) is 11.0. The molecule has 0 aliphatic rings. The van der Waals surface area contributed by atoms with Crippen LogP contribution in [0.1, 0.15) is 5.56 Å². The highest BCUT2D eigenvalue weighted by Crippen LogP contribution is 2.29. The maximum absolute atomic E-state index is 12.2. The summed E-state index contributed by atoms with van der Waals surface area (Å²) in [5.74, 6) is 0.379. The maximum Gasteiger partial charge on any atom is 0.573 e. The van der Waals surface area contributed by atoms with Gasteiger partial charge in [-0.2, -0.15) is 0 Å². The maximum atomic E-state index is 12.2. The molecule has 0 N–H and O–H groups in total. The Hall–Kier alpha value is -2.21. The summed E-state index contributed by atoms with van der Waals surface area (Å²) < 4.78 is 46.0. The normalized spacial score (nSPS) is 11.8. The predicted octanol–water partition coefficient (Wildman–Crippen LogP) is 5.13. The van der Waals surface area contributed by atoms with E-state index in [2.05, 4.69) is 9.72 Å². The molecule has 3 rings (SSSR count). The van der Waals surface area contributed by atoms with Gasteiger partial charge < -0.3 is 9.15 Å². The lowest BCUT2D eigenvalue weighted by atomic mass is 10.1. The number of aromatic nitrogens is 1. The number of ether oxygens (including phenoxy) is 1. The molecule has 7 heteroatoms. The second kappa shape index (κ2) is 5.53. The fourth-order valence-corrected chi connectivity index (χ4v) is 2.14. The van der Waals surface area contributed by atoms with Gasteiger partial charge in [-0.05, 0) is 29.8 Å². The van der Waals surface area contributed by atoms with Crippen LogP contribution in [0.3, 0.4) is 0 Å². The molecule has 1 heterocycles. The van der Waals surface area contributed by atoms with E-state index in [0.717, 1.165) is 5.56 Å². The summed E-state index contributed by atoms with van der Waals surface area (Å²) in [7, 11) is 0. The SMILES string of the molecule is FC(F)(F)Oc1ccc2oc(-c3ccc(CCl)cc3)nc2c1. The Labute approximate surface area is 128 Å². The largest absolute Gasteiger partial charge is 0.573 e. The predicted molar refractivity (Wildman–Crippen MR) is 75.7 cm³/mol. The van der Waals surface area contributed by atoms with Gasteiger partial charge in [0.05, 0.1) is 0 Å². The standard InChI is InChI=1S/C15H9ClF3NO2/c16-8-9-1-3-10(4-2-9)14-20-12-7-11(22-15(17,18)19)5-6-13(12)21-14/h1-7H,8H2. The van der Waals surface area contributed by atoms with Crippen molar-refractivity contribution in [1.29, 1.82) is 0 Å². The van der Waals surface area contributed by atoms with Gasteiger partial charge in [0.15, 0.2) is 5.58 Å². The molecule has 114 valence electrons. The van der Waals surface area contributed by atoms with Gasteiger partial charge >= 0.3 is 6.36 Å². The lowest BCUT2D eigenvalue weighted by Gasteiger charge is -2.07. The Balaban J connectivity index is 1.95. The first-order valence-electron chi connectivity index (χ1n) is 6.26. The fraction of sp³-hybridized carbons (Fsp3) is 0.133. The highest BCUT2D eigenvalue weighted by atomic mass is 35.5. The van der Waals surface area contributed by atoms with Gasteiger partial charge in [0.2, 0.25) is 5.89 Å². The van der Waals surface area contributed by atoms with Crippen molar-refractivity contribution in [3.63, 3.8) is 0 Å². The molecule has 3 aromatic rings. The molecule has 0 aliphatic carbocycles. The number of hydrogen-bond donors (Lipinski definition) is 0. The molecular weight excluding hydrogens is 319 g/mol. The third-order valence-electron chi connectivity index (χ3n) is 2.95. The van der Waals surface area contributed by atoms with Crippen LogP contribution in [0.25, 0.3) is 22.6 Å². The minimum atomic E-state index is -4.74. The van der Waals surface area contributed by atoms with Crippen LogP contribution >= 0.6 is 11.6 Å². The molecular formula is C15H9ClF3NO2. The van der Waals surface area contributed by atoms with Crippen molar-refractivity contribution < 1.29 is 22.3 Å². The third-order valence-corrected chi connectivity index (χ3v) is 3.26. The summed E-state index contributed by atoms with van der Waals surface area (Å²) in [5.41, 5.74) is 2.33. The number of fused-ring (bicyclic) bond motifs is 1. The minimum Gasteiger partial charge on any atom is -0.436 e. The highest BCUT2D eigenvalue weighted by Gasteiger charge is 2.31. The van der Waals surface area contributed by atoms with Crippen molar-refractivity contribution in [1.82, 2.24) is 4.98 Å². The van der Waals surface area contributed by atoms with E-state index < -0.39 is 6.36 Å². The molecule has 2 aromatic carbocycles. The van der Waals surface area contributed by atoms with Crippen LogP contribution in [-0.2, 0) is 5.88 Å². The van der Waals surface area contributed by atoms with Crippen LogP contribution in [0.15, 0.2) is 46.9 Å². The molecule has 0 atom stereocenters. The van der Waals surface area contributed by atoms with E-state index in [1.165, 1.54) is 18.2 Å². The van der Waals surface area contributed by atoms with Gasteiger partial charge in [0, 0.05) is 17.5 Å². The zero-order chi connectivity index (χ0) is 15.7.